The van der Waals surface area contributed by atoms with Crippen molar-refractivity contribution < 1.29 is 4.79 Å². The molecule has 132 valence electrons. The van der Waals surface area contributed by atoms with Gasteiger partial charge < -0.3 is 10.3 Å². The number of fused-ring (bicyclic) bond motifs is 1. The number of amides is 1. The first-order valence-electron chi connectivity index (χ1n) is 8.82. The Bertz CT molecular complexity index is 1080. The molecule has 0 unspecified atom stereocenters. The second kappa shape index (κ2) is 7.70. The molecule has 0 aliphatic rings. The number of benzene rings is 2. The number of hydrogen-bond acceptors (Lipinski definition) is 2. The highest BCUT2D eigenvalue weighted by Gasteiger charge is 2.13. The minimum atomic E-state index is -0.108. The molecule has 0 aliphatic heterocycles. The number of aromatic nitrogens is 2. The molecule has 1 amide bonds. The van der Waals surface area contributed by atoms with Crippen molar-refractivity contribution >= 4 is 28.6 Å². The molecule has 0 bridgehead atoms. The molecule has 0 atom stereocenters. The maximum atomic E-state index is 13.0. The highest BCUT2D eigenvalue weighted by Crippen LogP contribution is 2.23. The van der Waals surface area contributed by atoms with Crippen molar-refractivity contribution in [1.82, 2.24) is 15.3 Å². The summed E-state index contributed by atoms with van der Waals surface area (Å²) in [5.74, 6) is -0.108. The lowest BCUT2D eigenvalue weighted by Crippen LogP contribution is -2.23. The van der Waals surface area contributed by atoms with Gasteiger partial charge in [-0.2, -0.15) is 0 Å². The van der Waals surface area contributed by atoms with Gasteiger partial charge in [0.25, 0.3) is 5.91 Å². The van der Waals surface area contributed by atoms with Crippen LogP contribution in [0.5, 0.6) is 0 Å². The van der Waals surface area contributed by atoms with E-state index in [0.29, 0.717) is 12.1 Å². The molecular formula is C23H19N3O. The largest absolute Gasteiger partial charge is 0.348 e. The molecule has 4 nitrogen and oxygen atoms in total. The summed E-state index contributed by atoms with van der Waals surface area (Å²) in [6.07, 6.45) is 5.54. The Morgan fingerprint density at radius 1 is 0.963 bits per heavy atom. The summed E-state index contributed by atoms with van der Waals surface area (Å²) in [5, 5.41) is 4.01. The highest BCUT2D eigenvalue weighted by molar-refractivity contribution is 6.24. The number of hydrogen-bond donors (Lipinski definition) is 2. The minimum Gasteiger partial charge on any atom is -0.348 e. The molecule has 0 saturated heterocycles. The van der Waals surface area contributed by atoms with Crippen LogP contribution in [-0.4, -0.2) is 15.9 Å². The van der Waals surface area contributed by atoms with E-state index in [1.807, 2.05) is 85.1 Å². The molecule has 2 aromatic carbocycles. The van der Waals surface area contributed by atoms with Crippen LogP contribution in [0.3, 0.4) is 0 Å². The standard InChI is InChI=1S/C23H19N3O/c27-23(26-15-17-8-3-1-4-9-17)21(18-10-5-2-6-11-18)14-19-16-25-22-20(19)12-7-13-24-22/h1-14,16H,15H2,(H,24,25)(H,26,27). The summed E-state index contributed by atoms with van der Waals surface area (Å²) < 4.78 is 0. The van der Waals surface area contributed by atoms with Crippen LogP contribution in [0, 0.1) is 0 Å². The third-order valence-corrected chi connectivity index (χ3v) is 4.41. The zero-order valence-electron chi connectivity index (χ0n) is 14.7. The lowest BCUT2D eigenvalue weighted by molar-refractivity contribution is -0.115. The summed E-state index contributed by atoms with van der Waals surface area (Å²) in [6, 6.07) is 23.5. The van der Waals surface area contributed by atoms with Gasteiger partial charge in [0, 0.05) is 35.5 Å². The van der Waals surface area contributed by atoms with E-state index >= 15 is 0 Å². The van der Waals surface area contributed by atoms with Crippen molar-refractivity contribution in [2.24, 2.45) is 0 Å². The van der Waals surface area contributed by atoms with Crippen molar-refractivity contribution in [3.05, 3.63) is 102 Å². The molecule has 4 aromatic rings. The van der Waals surface area contributed by atoms with E-state index in [1.165, 1.54) is 0 Å². The van der Waals surface area contributed by atoms with Crippen LogP contribution in [0.2, 0.25) is 0 Å². The van der Waals surface area contributed by atoms with Gasteiger partial charge in [-0.3, -0.25) is 4.79 Å². The van der Waals surface area contributed by atoms with E-state index in [9.17, 15) is 4.79 Å². The normalized spacial score (nSPS) is 11.5. The fourth-order valence-electron chi connectivity index (χ4n) is 3.02. The summed E-state index contributed by atoms with van der Waals surface area (Å²) in [4.78, 5) is 20.4. The number of carbonyl (C=O) groups is 1. The number of nitrogens with one attached hydrogen (secondary N) is 2. The molecule has 4 rings (SSSR count). The Morgan fingerprint density at radius 3 is 2.48 bits per heavy atom. The molecule has 2 N–H and O–H groups in total. The zero-order chi connectivity index (χ0) is 18.5. The Kier molecular flexibility index (Phi) is 4.79. The van der Waals surface area contributed by atoms with Crippen LogP contribution in [-0.2, 0) is 11.3 Å². The first-order chi connectivity index (χ1) is 13.3. The molecule has 2 heterocycles. The minimum absolute atomic E-state index is 0.108. The number of aromatic amines is 1. The second-order valence-corrected chi connectivity index (χ2v) is 6.24. The number of H-pyrrole nitrogens is 1. The SMILES string of the molecule is O=C(NCc1ccccc1)C(=Cc1c[nH]c2ncccc12)c1ccccc1. The number of rotatable bonds is 5. The maximum absolute atomic E-state index is 13.0. The topological polar surface area (TPSA) is 57.8 Å². The van der Waals surface area contributed by atoms with E-state index in [-0.39, 0.29) is 5.91 Å². The molecule has 0 spiro atoms. The average molecular weight is 353 g/mol. The van der Waals surface area contributed by atoms with Gasteiger partial charge in [0.2, 0.25) is 0 Å². The van der Waals surface area contributed by atoms with E-state index in [2.05, 4.69) is 15.3 Å². The average Bonchev–Trinajstić information content (AvgIpc) is 3.14. The van der Waals surface area contributed by atoms with Crippen LogP contribution < -0.4 is 5.32 Å². The summed E-state index contributed by atoms with van der Waals surface area (Å²) in [6.45, 7) is 0.485. The number of pyridine rings is 1. The Morgan fingerprint density at radius 2 is 1.70 bits per heavy atom. The third kappa shape index (κ3) is 3.80. The quantitative estimate of drug-likeness (QED) is 0.522. The van der Waals surface area contributed by atoms with Gasteiger partial charge in [-0.05, 0) is 29.3 Å². The Balaban J connectivity index is 1.68. The van der Waals surface area contributed by atoms with E-state index in [4.69, 9.17) is 0 Å². The van der Waals surface area contributed by atoms with Crippen LogP contribution in [0.4, 0.5) is 0 Å². The monoisotopic (exact) mass is 353 g/mol. The smallest absolute Gasteiger partial charge is 0.252 e. The Hall–Kier alpha value is -3.66. The van der Waals surface area contributed by atoms with Crippen LogP contribution >= 0.6 is 0 Å². The maximum Gasteiger partial charge on any atom is 0.252 e. The number of nitrogens with zero attached hydrogens (tertiary/aromatic N) is 1. The van der Waals surface area contributed by atoms with Crippen LogP contribution in [0.25, 0.3) is 22.7 Å². The van der Waals surface area contributed by atoms with Gasteiger partial charge in [-0.15, -0.1) is 0 Å². The first kappa shape index (κ1) is 16.8. The summed E-state index contributed by atoms with van der Waals surface area (Å²) >= 11 is 0. The molecule has 2 aromatic heterocycles. The second-order valence-electron chi connectivity index (χ2n) is 6.24. The van der Waals surface area contributed by atoms with Crippen LogP contribution in [0.1, 0.15) is 16.7 Å². The molecule has 0 radical (unpaired) electrons. The molecule has 0 aliphatic carbocycles. The summed E-state index contributed by atoms with van der Waals surface area (Å²) in [5.41, 5.74) is 4.31. The molecule has 0 saturated carbocycles. The fourth-order valence-corrected chi connectivity index (χ4v) is 3.02. The molecule has 27 heavy (non-hydrogen) atoms. The lowest BCUT2D eigenvalue weighted by atomic mass is 10.0. The first-order valence-corrected chi connectivity index (χ1v) is 8.82. The molecular weight excluding hydrogens is 334 g/mol. The van der Waals surface area contributed by atoms with Crippen molar-refractivity contribution in [2.75, 3.05) is 0 Å². The predicted octanol–water partition coefficient (Wildman–Crippen LogP) is 4.42. The van der Waals surface area contributed by atoms with E-state index < -0.39 is 0 Å². The van der Waals surface area contributed by atoms with E-state index in [0.717, 1.165) is 27.7 Å². The van der Waals surface area contributed by atoms with Crippen molar-refractivity contribution in [2.45, 2.75) is 6.54 Å². The molecule has 0 fully saturated rings. The van der Waals surface area contributed by atoms with Gasteiger partial charge in [-0.1, -0.05) is 60.7 Å². The van der Waals surface area contributed by atoms with Crippen molar-refractivity contribution in [1.29, 1.82) is 0 Å². The van der Waals surface area contributed by atoms with Gasteiger partial charge in [-0.25, -0.2) is 4.98 Å². The van der Waals surface area contributed by atoms with E-state index in [1.54, 1.807) is 6.20 Å². The van der Waals surface area contributed by atoms with Crippen LogP contribution in [0.15, 0.2) is 85.2 Å². The van der Waals surface area contributed by atoms with Crippen molar-refractivity contribution in [3.63, 3.8) is 0 Å². The molecule has 4 heteroatoms. The lowest BCUT2D eigenvalue weighted by Gasteiger charge is -2.10. The van der Waals surface area contributed by atoms with Gasteiger partial charge in [0.05, 0.1) is 0 Å². The fraction of sp³-hybridized carbons (Fsp3) is 0.0435. The highest BCUT2D eigenvalue weighted by atomic mass is 16.1. The Labute approximate surface area is 157 Å². The zero-order valence-corrected chi connectivity index (χ0v) is 14.7. The summed E-state index contributed by atoms with van der Waals surface area (Å²) in [7, 11) is 0. The van der Waals surface area contributed by atoms with Gasteiger partial charge >= 0.3 is 0 Å². The number of carbonyl (C=O) groups excluding carboxylic acids is 1. The third-order valence-electron chi connectivity index (χ3n) is 4.41. The van der Waals surface area contributed by atoms with Gasteiger partial charge in [0.1, 0.15) is 5.65 Å². The predicted molar refractivity (Wildman–Crippen MR) is 109 cm³/mol. The van der Waals surface area contributed by atoms with Crippen molar-refractivity contribution in [3.8, 4) is 0 Å². The van der Waals surface area contributed by atoms with Gasteiger partial charge in [0.15, 0.2) is 0 Å².